The van der Waals surface area contributed by atoms with Crippen molar-refractivity contribution >= 4 is 5.91 Å². The summed E-state index contributed by atoms with van der Waals surface area (Å²) >= 11 is 0. The normalized spacial score (nSPS) is 12.2. The molecule has 88 valence electrons. The van der Waals surface area contributed by atoms with Gasteiger partial charge in [0.1, 0.15) is 11.6 Å². The molecule has 1 amide bonds. The highest BCUT2D eigenvalue weighted by Crippen LogP contribution is 2.17. The third-order valence-corrected chi connectivity index (χ3v) is 2.17. The number of halogens is 1. The standard InChI is InChI=1S/C11H14FNO3/c1-2-8(14)6-13-11(16)9-4-3-7(12)5-10(9)15/h3-5,8,14-15H,2,6H2,1H3,(H,13,16). The van der Waals surface area contributed by atoms with Gasteiger partial charge in [0.2, 0.25) is 0 Å². The molecule has 0 heterocycles. The fourth-order valence-corrected chi connectivity index (χ4v) is 1.15. The topological polar surface area (TPSA) is 69.6 Å². The second-order valence-corrected chi connectivity index (χ2v) is 3.43. The molecule has 0 aliphatic heterocycles. The van der Waals surface area contributed by atoms with Gasteiger partial charge in [0.15, 0.2) is 0 Å². The summed E-state index contributed by atoms with van der Waals surface area (Å²) in [6.45, 7) is 1.89. The molecule has 0 aromatic heterocycles. The van der Waals surface area contributed by atoms with Crippen molar-refractivity contribution in [2.24, 2.45) is 0 Å². The van der Waals surface area contributed by atoms with E-state index in [4.69, 9.17) is 0 Å². The Kier molecular flexibility index (Phi) is 4.25. The molecule has 0 aliphatic rings. The molecule has 16 heavy (non-hydrogen) atoms. The van der Waals surface area contributed by atoms with Gasteiger partial charge < -0.3 is 15.5 Å². The summed E-state index contributed by atoms with van der Waals surface area (Å²) in [5.74, 6) is -1.56. The third-order valence-electron chi connectivity index (χ3n) is 2.17. The van der Waals surface area contributed by atoms with Crippen LogP contribution in [0.4, 0.5) is 4.39 Å². The van der Waals surface area contributed by atoms with E-state index >= 15 is 0 Å². The van der Waals surface area contributed by atoms with Crippen LogP contribution in [0, 0.1) is 5.82 Å². The molecule has 1 atom stereocenters. The molecular weight excluding hydrogens is 213 g/mol. The van der Waals surface area contributed by atoms with E-state index in [1.165, 1.54) is 6.07 Å². The molecule has 0 fully saturated rings. The molecule has 0 spiro atoms. The molecule has 5 heteroatoms. The van der Waals surface area contributed by atoms with Crippen LogP contribution in [0.5, 0.6) is 5.75 Å². The number of aliphatic hydroxyl groups excluding tert-OH is 1. The second kappa shape index (κ2) is 5.46. The molecule has 0 aliphatic carbocycles. The van der Waals surface area contributed by atoms with Gasteiger partial charge in [-0.3, -0.25) is 4.79 Å². The zero-order chi connectivity index (χ0) is 12.1. The van der Waals surface area contributed by atoms with Crippen molar-refractivity contribution in [2.45, 2.75) is 19.4 Å². The van der Waals surface area contributed by atoms with E-state index in [-0.39, 0.29) is 12.1 Å². The van der Waals surface area contributed by atoms with Crippen molar-refractivity contribution in [2.75, 3.05) is 6.54 Å². The van der Waals surface area contributed by atoms with Crippen LogP contribution in [0.2, 0.25) is 0 Å². The van der Waals surface area contributed by atoms with Crippen LogP contribution in [0.25, 0.3) is 0 Å². The monoisotopic (exact) mass is 227 g/mol. The second-order valence-electron chi connectivity index (χ2n) is 3.43. The van der Waals surface area contributed by atoms with Crippen molar-refractivity contribution in [3.05, 3.63) is 29.6 Å². The van der Waals surface area contributed by atoms with Crippen molar-refractivity contribution in [3.63, 3.8) is 0 Å². The summed E-state index contributed by atoms with van der Waals surface area (Å²) < 4.78 is 12.6. The maximum Gasteiger partial charge on any atom is 0.255 e. The van der Waals surface area contributed by atoms with E-state index in [0.717, 1.165) is 12.1 Å². The molecule has 1 rings (SSSR count). The Morgan fingerprint density at radius 1 is 1.56 bits per heavy atom. The lowest BCUT2D eigenvalue weighted by atomic mass is 10.1. The third kappa shape index (κ3) is 3.20. The molecule has 0 bridgehead atoms. The highest BCUT2D eigenvalue weighted by molar-refractivity contribution is 5.96. The summed E-state index contributed by atoms with van der Waals surface area (Å²) in [4.78, 5) is 11.5. The van der Waals surface area contributed by atoms with Crippen LogP contribution in [0.1, 0.15) is 23.7 Å². The van der Waals surface area contributed by atoms with Gasteiger partial charge in [-0.2, -0.15) is 0 Å². The molecule has 0 radical (unpaired) electrons. The minimum Gasteiger partial charge on any atom is -0.507 e. The fourth-order valence-electron chi connectivity index (χ4n) is 1.15. The quantitative estimate of drug-likeness (QED) is 0.719. The number of nitrogens with one attached hydrogen (secondary N) is 1. The maximum atomic E-state index is 12.6. The lowest BCUT2D eigenvalue weighted by molar-refractivity contribution is 0.0911. The summed E-state index contributed by atoms with van der Waals surface area (Å²) in [7, 11) is 0. The number of aliphatic hydroxyl groups is 1. The Hall–Kier alpha value is -1.62. The smallest absolute Gasteiger partial charge is 0.255 e. The molecule has 4 nitrogen and oxygen atoms in total. The van der Waals surface area contributed by atoms with Crippen molar-refractivity contribution in [3.8, 4) is 5.75 Å². The average Bonchev–Trinajstić information content (AvgIpc) is 2.25. The number of amides is 1. The molecule has 0 saturated carbocycles. The minimum absolute atomic E-state index is 0.00953. The Balaban J connectivity index is 2.66. The summed E-state index contributed by atoms with van der Waals surface area (Å²) in [6.07, 6.45) is -0.0955. The van der Waals surface area contributed by atoms with E-state index in [2.05, 4.69) is 5.32 Å². The first-order valence-electron chi connectivity index (χ1n) is 4.99. The van der Waals surface area contributed by atoms with Crippen molar-refractivity contribution < 1.29 is 19.4 Å². The number of aromatic hydroxyl groups is 1. The number of hydrogen-bond acceptors (Lipinski definition) is 3. The van der Waals surface area contributed by atoms with Gasteiger partial charge in [-0.25, -0.2) is 4.39 Å². The lowest BCUT2D eigenvalue weighted by Crippen LogP contribution is -2.31. The maximum absolute atomic E-state index is 12.6. The van der Waals surface area contributed by atoms with Gasteiger partial charge in [0, 0.05) is 12.6 Å². The zero-order valence-corrected chi connectivity index (χ0v) is 8.90. The number of hydrogen-bond donors (Lipinski definition) is 3. The summed E-state index contributed by atoms with van der Waals surface area (Å²) in [5, 5.41) is 21.0. The Labute approximate surface area is 92.7 Å². The van der Waals surface area contributed by atoms with E-state index in [1.54, 1.807) is 6.92 Å². The molecular formula is C11H14FNO3. The van der Waals surface area contributed by atoms with Gasteiger partial charge in [-0.15, -0.1) is 0 Å². The predicted octanol–water partition coefficient (Wildman–Crippen LogP) is 1.03. The fraction of sp³-hybridized carbons (Fsp3) is 0.364. The number of carbonyl (C=O) groups excluding carboxylic acids is 1. The summed E-state index contributed by atoms with van der Waals surface area (Å²) in [5.41, 5.74) is -0.00953. The SMILES string of the molecule is CCC(O)CNC(=O)c1ccc(F)cc1O. The molecule has 1 unspecified atom stereocenters. The number of rotatable bonds is 4. The van der Waals surface area contributed by atoms with E-state index < -0.39 is 23.6 Å². The van der Waals surface area contributed by atoms with E-state index in [9.17, 15) is 19.4 Å². The molecule has 1 aromatic carbocycles. The highest BCUT2D eigenvalue weighted by Gasteiger charge is 2.12. The lowest BCUT2D eigenvalue weighted by Gasteiger charge is -2.10. The predicted molar refractivity (Wildman–Crippen MR) is 56.7 cm³/mol. The highest BCUT2D eigenvalue weighted by atomic mass is 19.1. The first kappa shape index (κ1) is 12.4. The van der Waals surface area contributed by atoms with Crippen molar-refractivity contribution in [1.82, 2.24) is 5.32 Å². The molecule has 0 saturated heterocycles. The van der Waals surface area contributed by atoms with Gasteiger partial charge >= 0.3 is 0 Å². The number of phenols is 1. The van der Waals surface area contributed by atoms with E-state index in [0.29, 0.717) is 6.42 Å². The Morgan fingerprint density at radius 3 is 2.81 bits per heavy atom. The Morgan fingerprint density at radius 2 is 2.25 bits per heavy atom. The number of carbonyl (C=O) groups is 1. The molecule has 3 N–H and O–H groups in total. The average molecular weight is 227 g/mol. The summed E-state index contributed by atoms with van der Waals surface area (Å²) in [6, 6.07) is 3.15. The van der Waals surface area contributed by atoms with Crippen molar-refractivity contribution in [1.29, 1.82) is 0 Å². The molecule has 1 aromatic rings. The van der Waals surface area contributed by atoms with Gasteiger partial charge in [0.25, 0.3) is 5.91 Å². The number of benzene rings is 1. The largest absolute Gasteiger partial charge is 0.507 e. The minimum atomic E-state index is -0.619. The van der Waals surface area contributed by atoms with Gasteiger partial charge in [-0.1, -0.05) is 6.92 Å². The van der Waals surface area contributed by atoms with Gasteiger partial charge in [0.05, 0.1) is 11.7 Å². The van der Waals surface area contributed by atoms with Gasteiger partial charge in [-0.05, 0) is 18.6 Å². The zero-order valence-electron chi connectivity index (χ0n) is 8.90. The number of phenolic OH excluding ortho intramolecular Hbond substituents is 1. The van der Waals surface area contributed by atoms with Crippen LogP contribution in [0.15, 0.2) is 18.2 Å². The van der Waals surface area contributed by atoms with Crippen LogP contribution in [-0.4, -0.2) is 28.8 Å². The Bertz CT molecular complexity index is 381. The van der Waals surface area contributed by atoms with E-state index in [1.807, 2.05) is 0 Å². The van der Waals surface area contributed by atoms with Crippen LogP contribution in [-0.2, 0) is 0 Å². The van der Waals surface area contributed by atoms with Crippen LogP contribution in [0.3, 0.4) is 0 Å². The van der Waals surface area contributed by atoms with Crippen LogP contribution < -0.4 is 5.32 Å². The first-order valence-corrected chi connectivity index (χ1v) is 4.99. The first-order chi connectivity index (χ1) is 7.54. The van der Waals surface area contributed by atoms with Crippen LogP contribution >= 0.6 is 0 Å².